The average molecular weight is 329 g/mol. The molecule has 5 heteroatoms. The molecule has 0 saturated carbocycles. The van der Waals surface area contributed by atoms with E-state index in [0.717, 1.165) is 0 Å². The highest BCUT2D eigenvalue weighted by Gasteiger charge is 2.38. The first-order valence-corrected chi connectivity index (χ1v) is 6.69. The van der Waals surface area contributed by atoms with Crippen LogP contribution in [0.1, 0.15) is 31.1 Å². The van der Waals surface area contributed by atoms with Gasteiger partial charge in [0.2, 0.25) is 0 Å². The highest BCUT2D eigenvalue weighted by atomic mass is 79.9. The van der Waals surface area contributed by atoms with Crippen molar-refractivity contribution < 1.29 is 19.1 Å². The molecule has 0 fully saturated rings. The Morgan fingerprint density at radius 1 is 1.32 bits per heavy atom. The van der Waals surface area contributed by atoms with Gasteiger partial charge in [0.1, 0.15) is 11.2 Å². The number of hydrogen-bond acceptors (Lipinski definition) is 4. The Labute approximate surface area is 121 Å². The van der Waals surface area contributed by atoms with Gasteiger partial charge in [-0.15, -0.1) is 0 Å². The lowest BCUT2D eigenvalue weighted by Gasteiger charge is -2.21. The molecule has 0 aliphatic heterocycles. The molecule has 0 N–H and O–H groups in total. The van der Waals surface area contributed by atoms with E-state index in [1.807, 2.05) is 0 Å². The third-order valence-corrected chi connectivity index (χ3v) is 3.39. The lowest BCUT2D eigenvalue weighted by Crippen LogP contribution is -2.35. The number of hydrogen-bond donors (Lipinski definition) is 0. The second-order valence-electron chi connectivity index (χ2n) is 4.52. The Kier molecular flexibility index (Phi) is 5.11. The number of methoxy groups -OCH3 is 1. The van der Waals surface area contributed by atoms with Crippen LogP contribution in [-0.4, -0.2) is 25.5 Å². The van der Waals surface area contributed by atoms with E-state index in [0.29, 0.717) is 15.8 Å². The molecule has 0 radical (unpaired) electrons. The van der Waals surface area contributed by atoms with Crippen LogP contribution < -0.4 is 4.74 Å². The molecule has 19 heavy (non-hydrogen) atoms. The minimum absolute atomic E-state index is 0.252. The van der Waals surface area contributed by atoms with Crippen LogP contribution in [0.5, 0.6) is 5.75 Å². The van der Waals surface area contributed by atoms with E-state index in [-0.39, 0.29) is 12.4 Å². The summed E-state index contributed by atoms with van der Waals surface area (Å²) >= 11 is 3.32. The van der Waals surface area contributed by atoms with Crippen molar-refractivity contribution in [3.63, 3.8) is 0 Å². The van der Waals surface area contributed by atoms with E-state index in [9.17, 15) is 9.59 Å². The normalized spacial score (nSPS) is 11.0. The van der Waals surface area contributed by atoms with Crippen LogP contribution in [0, 0.1) is 5.41 Å². The maximum absolute atomic E-state index is 12.4. The largest absolute Gasteiger partial charge is 0.496 e. The fourth-order valence-electron chi connectivity index (χ4n) is 1.57. The molecular formula is C14H17BrO4. The number of ether oxygens (including phenoxy) is 2. The second-order valence-corrected chi connectivity index (χ2v) is 5.38. The van der Waals surface area contributed by atoms with Crippen LogP contribution in [0.25, 0.3) is 0 Å². The van der Waals surface area contributed by atoms with Crippen molar-refractivity contribution in [3.05, 3.63) is 28.2 Å². The van der Waals surface area contributed by atoms with Crippen LogP contribution >= 0.6 is 15.9 Å². The topological polar surface area (TPSA) is 52.6 Å². The molecule has 0 aromatic heterocycles. The Bertz CT molecular complexity index is 494. The van der Waals surface area contributed by atoms with Gasteiger partial charge in [-0.3, -0.25) is 9.59 Å². The van der Waals surface area contributed by atoms with Crippen molar-refractivity contribution in [2.75, 3.05) is 13.7 Å². The summed E-state index contributed by atoms with van der Waals surface area (Å²) in [5.74, 6) is -0.174. The highest BCUT2D eigenvalue weighted by Crippen LogP contribution is 2.30. The molecular weight excluding hydrogens is 312 g/mol. The molecule has 0 aliphatic carbocycles. The van der Waals surface area contributed by atoms with Gasteiger partial charge in [0, 0.05) is 5.56 Å². The molecule has 1 aromatic rings. The Balaban J connectivity index is 3.06. The number of halogens is 1. The summed E-state index contributed by atoms with van der Waals surface area (Å²) in [6.45, 7) is 5.08. The van der Waals surface area contributed by atoms with Gasteiger partial charge in [-0.1, -0.05) is 0 Å². The number of rotatable bonds is 5. The van der Waals surface area contributed by atoms with Crippen molar-refractivity contribution in [1.82, 2.24) is 0 Å². The third-order valence-electron chi connectivity index (χ3n) is 2.77. The molecule has 1 rings (SSSR count). The molecule has 0 spiro atoms. The fraction of sp³-hybridized carbons (Fsp3) is 0.429. The van der Waals surface area contributed by atoms with Crippen molar-refractivity contribution in [2.45, 2.75) is 20.8 Å². The summed E-state index contributed by atoms with van der Waals surface area (Å²) in [4.78, 5) is 24.2. The lowest BCUT2D eigenvalue weighted by atomic mass is 9.84. The quantitative estimate of drug-likeness (QED) is 0.473. The molecule has 0 amide bonds. The molecule has 0 heterocycles. The summed E-state index contributed by atoms with van der Waals surface area (Å²) in [6.07, 6.45) is 0. The first-order chi connectivity index (χ1) is 8.84. The molecule has 4 nitrogen and oxygen atoms in total. The summed E-state index contributed by atoms with van der Waals surface area (Å²) in [5.41, 5.74) is -0.768. The number of carbonyl (C=O) groups excluding carboxylic acids is 2. The monoisotopic (exact) mass is 328 g/mol. The Morgan fingerprint density at radius 2 is 1.95 bits per heavy atom. The van der Waals surface area contributed by atoms with Gasteiger partial charge < -0.3 is 9.47 Å². The second kappa shape index (κ2) is 6.19. The van der Waals surface area contributed by atoms with Gasteiger partial charge in [-0.2, -0.15) is 0 Å². The van der Waals surface area contributed by atoms with Crippen LogP contribution in [0.2, 0.25) is 0 Å². The minimum Gasteiger partial charge on any atom is -0.496 e. The standard InChI is InChI=1S/C14H17BrO4/c1-5-19-13(17)14(2,3)12(16)9-6-7-11(18-4)10(15)8-9/h6-8H,5H2,1-4H3. The van der Waals surface area contributed by atoms with Crippen LogP contribution in [0.15, 0.2) is 22.7 Å². The van der Waals surface area contributed by atoms with Crippen molar-refractivity contribution in [3.8, 4) is 5.75 Å². The van der Waals surface area contributed by atoms with E-state index >= 15 is 0 Å². The van der Waals surface area contributed by atoms with E-state index in [1.54, 1.807) is 46.1 Å². The zero-order valence-corrected chi connectivity index (χ0v) is 13.0. The van der Waals surface area contributed by atoms with Gasteiger partial charge in [0.25, 0.3) is 0 Å². The van der Waals surface area contributed by atoms with Gasteiger partial charge >= 0.3 is 5.97 Å². The van der Waals surface area contributed by atoms with E-state index in [4.69, 9.17) is 9.47 Å². The fourth-order valence-corrected chi connectivity index (χ4v) is 2.11. The molecule has 0 aliphatic rings. The number of Topliss-reactive ketones (excluding diaryl/α,β-unsaturated/α-hetero) is 1. The van der Waals surface area contributed by atoms with E-state index in [1.165, 1.54) is 0 Å². The van der Waals surface area contributed by atoms with Crippen molar-refractivity contribution >= 4 is 27.7 Å². The van der Waals surface area contributed by atoms with E-state index in [2.05, 4.69) is 15.9 Å². The van der Waals surface area contributed by atoms with Crippen LogP contribution in [-0.2, 0) is 9.53 Å². The summed E-state index contributed by atoms with van der Waals surface area (Å²) < 4.78 is 10.7. The molecule has 1 aromatic carbocycles. The SMILES string of the molecule is CCOC(=O)C(C)(C)C(=O)c1ccc(OC)c(Br)c1. The molecule has 0 unspecified atom stereocenters. The van der Waals surface area contributed by atoms with Crippen LogP contribution in [0.4, 0.5) is 0 Å². The number of ketones is 1. The average Bonchev–Trinajstić information content (AvgIpc) is 2.37. The Hall–Kier alpha value is -1.36. The first-order valence-electron chi connectivity index (χ1n) is 5.90. The summed E-state index contributed by atoms with van der Waals surface area (Å²) in [7, 11) is 1.55. The third kappa shape index (κ3) is 3.35. The molecule has 0 saturated heterocycles. The predicted octanol–water partition coefficient (Wildman–Crippen LogP) is 3.23. The van der Waals surface area contributed by atoms with Gasteiger partial charge in [-0.25, -0.2) is 0 Å². The van der Waals surface area contributed by atoms with E-state index < -0.39 is 11.4 Å². The maximum Gasteiger partial charge on any atom is 0.319 e. The maximum atomic E-state index is 12.4. The predicted molar refractivity (Wildman–Crippen MR) is 75.4 cm³/mol. The number of esters is 1. The van der Waals surface area contributed by atoms with Gasteiger partial charge in [0.15, 0.2) is 5.78 Å². The van der Waals surface area contributed by atoms with Crippen LogP contribution in [0.3, 0.4) is 0 Å². The number of benzene rings is 1. The van der Waals surface area contributed by atoms with Crippen molar-refractivity contribution in [1.29, 1.82) is 0 Å². The molecule has 0 bridgehead atoms. The van der Waals surface area contributed by atoms with Crippen molar-refractivity contribution in [2.24, 2.45) is 5.41 Å². The first kappa shape index (κ1) is 15.7. The smallest absolute Gasteiger partial charge is 0.319 e. The van der Waals surface area contributed by atoms with Gasteiger partial charge in [-0.05, 0) is 54.9 Å². The zero-order valence-electron chi connectivity index (χ0n) is 11.5. The molecule has 104 valence electrons. The highest BCUT2D eigenvalue weighted by molar-refractivity contribution is 9.10. The molecule has 0 atom stereocenters. The number of carbonyl (C=O) groups is 2. The minimum atomic E-state index is -1.20. The van der Waals surface area contributed by atoms with Gasteiger partial charge in [0.05, 0.1) is 18.2 Å². The summed E-state index contributed by atoms with van der Waals surface area (Å²) in [6, 6.07) is 4.95. The lowest BCUT2D eigenvalue weighted by molar-refractivity contribution is -0.150. The summed E-state index contributed by atoms with van der Waals surface area (Å²) in [5, 5.41) is 0. The Morgan fingerprint density at radius 3 is 2.42 bits per heavy atom. The zero-order chi connectivity index (χ0) is 14.6.